The van der Waals surface area contributed by atoms with E-state index >= 15 is 0 Å². The van der Waals surface area contributed by atoms with Crippen molar-refractivity contribution in [1.82, 2.24) is 20.0 Å². The third-order valence-electron chi connectivity index (χ3n) is 7.69. The van der Waals surface area contributed by atoms with Gasteiger partial charge in [-0.25, -0.2) is 18.0 Å². The van der Waals surface area contributed by atoms with Crippen LogP contribution in [0.2, 0.25) is 0 Å². The average molecular weight is 543 g/mol. The molecular weight excluding hydrogens is 512 g/mol. The second kappa shape index (κ2) is 10.5. The molecule has 4 rings (SSSR count). The molecule has 13 heteroatoms. The van der Waals surface area contributed by atoms with Gasteiger partial charge in [-0.15, -0.1) is 23.2 Å². The van der Waals surface area contributed by atoms with Gasteiger partial charge in [-0.05, 0) is 44.9 Å². The number of hydrogen-bond acceptors (Lipinski definition) is 5. The maximum absolute atomic E-state index is 14.9. The molecule has 3 amide bonds. The van der Waals surface area contributed by atoms with Gasteiger partial charge in [0.1, 0.15) is 18.9 Å². The summed E-state index contributed by atoms with van der Waals surface area (Å²) in [5, 5.41) is 2.58. The molecular formula is C22H31Cl2F3N4O4. The normalized spacial score (nSPS) is 34.3. The smallest absolute Gasteiger partial charge is 0.410 e. The van der Waals surface area contributed by atoms with E-state index in [0.717, 1.165) is 30.6 Å². The highest BCUT2D eigenvalue weighted by molar-refractivity contribution is 6.21. The number of piperazine rings is 1. The quantitative estimate of drug-likeness (QED) is 0.540. The molecule has 35 heavy (non-hydrogen) atoms. The number of alkyl halides is 5. The number of hydrogen-bond donors (Lipinski definition) is 1. The van der Waals surface area contributed by atoms with Crippen molar-refractivity contribution in [2.45, 2.75) is 80.1 Å². The molecule has 1 aliphatic carbocycles. The van der Waals surface area contributed by atoms with Crippen LogP contribution < -0.4 is 5.32 Å². The number of nitrogens with zero attached hydrogens (tertiary/aromatic N) is 3. The Balaban J connectivity index is 1.57. The molecule has 1 saturated carbocycles. The Morgan fingerprint density at radius 3 is 2.43 bits per heavy atom. The van der Waals surface area contributed by atoms with Crippen molar-refractivity contribution in [3.8, 4) is 0 Å². The van der Waals surface area contributed by atoms with Crippen LogP contribution in [0.15, 0.2) is 0 Å². The Bertz CT molecular complexity index is 827. The molecule has 8 nitrogen and oxygen atoms in total. The van der Waals surface area contributed by atoms with Crippen LogP contribution in [0, 0.1) is 5.92 Å². The van der Waals surface area contributed by atoms with Crippen molar-refractivity contribution >= 4 is 41.1 Å². The van der Waals surface area contributed by atoms with Gasteiger partial charge in [-0.3, -0.25) is 14.9 Å². The minimum absolute atomic E-state index is 0.0397. The van der Waals surface area contributed by atoms with Crippen LogP contribution in [-0.4, -0.2) is 106 Å². The van der Waals surface area contributed by atoms with Gasteiger partial charge in [-0.2, -0.15) is 0 Å². The molecule has 1 spiro atoms. The lowest BCUT2D eigenvalue weighted by Crippen LogP contribution is -2.84. The number of halogens is 5. The maximum Gasteiger partial charge on any atom is 0.410 e. The summed E-state index contributed by atoms with van der Waals surface area (Å²) >= 11 is 12.3. The molecule has 0 bridgehead atoms. The van der Waals surface area contributed by atoms with Crippen molar-refractivity contribution < 1.29 is 32.3 Å². The van der Waals surface area contributed by atoms with Crippen LogP contribution >= 0.6 is 23.2 Å². The highest BCUT2D eigenvalue weighted by Crippen LogP contribution is 2.41. The van der Waals surface area contributed by atoms with Gasteiger partial charge in [0.15, 0.2) is 12.1 Å². The number of carbonyl (C=O) groups is 3. The highest BCUT2D eigenvalue weighted by atomic mass is 35.5. The summed E-state index contributed by atoms with van der Waals surface area (Å²) in [5.74, 6) is -0.697. The minimum atomic E-state index is -2.82. The number of ether oxygens (including phenoxy) is 1. The number of piperidine rings is 1. The van der Waals surface area contributed by atoms with E-state index in [1.165, 1.54) is 4.90 Å². The summed E-state index contributed by atoms with van der Waals surface area (Å²) in [6.45, 7) is 0.412. The highest BCUT2D eigenvalue weighted by Gasteiger charge is 2.64. The van der Waals surface area contributed by atoms with E-state index < -0.39 is 48.3 Å². The van der Waals surface area contributed by atoms with Gasteiger partial charge >= 0.3 is 6.09 Å². The molecule has 3 saturated heterocycles. The second-order valence-corrected chi connectivity index (χ2v) is 11.2. The van der Waals surface area contributed by atoms with Crippen LogP contribution in [-0.2, 0) is 14.3 Å². The molecule has 4 fully saturated rings. The van der Waals surface area contributed by atoms with Crippen LogP contribution in [0.5, 0.6) is 0 Å². The fraction of sp³-hybridized carbons (Fsp3) is 0.864. The lowest BCUT2D eigenvalue weighted by Gasteiger charge is -2.61. The first kappa shape index (κ1) is 26.6. The standard InChI is InChI=1S/C22H31Cl2F3N4O4/c1-12(13-2-4-14(23)5-3-13)31-18(32)8-30(19-16(25)6-15(24)7-28-19)20(33)22(31)10-29(11-22)21(34)35-9-17(26)27/h12-17,19,28H,2-11H2,1H3/t12-,13?,14?,15?,16?,19?/m0/s1. The van der Waals surface area contributed by atoms with Gasteiger partial charge in [0.2, 0.25) is 5.91 Å². The van der Waals surface area contributed by atoms with Crippen molar-refractivity contribution in [1.29, 1.82) is 0 Å². The molecule has 0 radical (unpaired) electrons. The van der Waals surface area contributed by atoms with Crippen molar-refractivity contribution in [3.05, 3.63) is 0 Å². The molecule has 0 aromatic carbocycles. The predicted molar refractivity (Wildman–Crippen MR) is 122 cm³/mol. The fourth-order valence-corrected chi connectivity index (χ4v) is 6.39. The first-order chi connectivity index (χ1) is 16.5. The summed E-state index contributed by atoms with van der Waals surface area (Å²) in [7, 11) is 0. The molecule has 3 unspecified atom stereocenters. The molecule has 4 aliphatic rings. The van der Waals surface area contributed by atoms with Gasteiger partial charge in [-0.1, -0.05) is 0 Å². The van der Waals surface area contributed by atoms with E-state index in [9.17, 15) is 27.6 Å². The monoisotopic (exact) mass is 542 g/mol. The first-order valence-electron chi connectivity index (χ1n) is 12.0. The Kier molecular flexibility index (Phi) is 7.97. The van der Waals surface area contributed by atoms with Crippen LogP contribution in [0.4, 0.5) is 18.0 Å². The van der Waals surface area contributed by atoms with Crippen molar-refractivity contribution in [3.63, 3.8) is 0 Å². The van der Waals surface area contributed by atoms with E-state index in [1.54, 1.807) is 4.90 Å². The zero-order valence-corrected chi connectivity index (χ0v) is 21.0. The predicted octanol–water partition coefficient (Wildman–Crippen LogP) is 2.56. The maximum atomic E-state index is 14.9. The van der Waals surface area contributed by atoms with E-state index in [2.05, 4.69) is 10.1 Å². The average Bonchev–Trinajstić information content (AvgIpc) is 2.77. The lowest BCUT2D eigenvalue weighted by molar-refractivity contribution is -0.187. The molecule has 1 N–H and O–H groups in total. The van der Waals surface area contributed by atoms with E-state index in [1.807, 2.05) is 6.92 Å². The SMILES string of the molecule is C[C@@H](C1CCC(Cl)CC1)N1C(=O)CN(C2NCC(Cl)CC2F)C(=O)C12CN(C(=O)OCC(F)F)C2. The molecule has 0 aromatic rings. The Hall–Kier alpha value is -1.46. The molecule has 3 heterocycles. The number of nitrogens with one attached hydrogen (secondary N) is 1. The Labute approximate surface area is 212 Å². The Morgan fingerprint density at radius 1 is 1.17 bits per heavy atom. The van der Waals surface area contributed by atoms with Crippen LogP contribution in [0.25, 0.3) is 0 Å². The third-order valence-corrected chi connectivity index (χ3v) is 8.46. The molecule has 4 atom stereocenters. The van der Waals surface area contributed by atoms with Gasteiger partial charge in [0.05, 0.1) is 13.1 Å². The van der Waals surface area contributed by atoms with Gasteiger partial charge in [0, 0.05) is 23.3 Å². The second-order valence-electron chi connectivity index (χ2n) is 10.0. The zero-order chi connectivity index (χ0) is 25.5. The first-order valence-corrected chi connectivity index (χ1v) is 12.9. The lowest BCUT2D eigenvalue weighted by atomic mass is 9.77. The van der Waals surface area contributed by atoms with E-state index in [0.29, 0.717) is 0 Å². The summed E-state index contributed by atoms with van der Waals surface area (Å²) in [6, 6.07) is -0.315. The molecule has 198 valence electrons. The summed E-state index contributed by atoms with van der Waals surface area (Å²) in [5.41, 5.74) is -1.41. The number of rotatable bonds is 5. The molecule has 0 aromatic heterocycles. The largest absolute Gasteiger partial charge is 0.443 e. The molecule has 3 aliphatic heterocycles. The topological polar surface area (TPSA) is 82.2 Å². The van der Waals surface area contributed by atoms with Crippen molar-refractivity contribution in [2.75, 3.05) is 32.8 Å². The van der Waals surface area contributed by atoms with Gasteiger partial charge in [0.25, 0.3) is 12.3 Å². The number of amides is 3. The number of likely N-dealkylation sites (tertiary alicyclic amines) is 1. The van der Waals surface area contributed by atoms with Crippen LogP contribution in [0.1, 0.15) is 39.0 Å². The minimum Gasteiger partial charge on any atom is -0.443 e. The van der Waals surface area contributed by atoms with Crippen molar-refractivity contribution in [2.24, 2.45) is 5.92 Å². The zero-order valence-electron chi connectivity index (χ0n) is 19.5. The van der Waals surface area contributed by atoms with Gasteiger partial charge < -0.3 is 19.4 Å². The summed E-state index contributed by atoms with van der Waals surface area (Å²) < 4.78 is 44.5. The summed E-state index contributed by atoms with van der Waals surface area (Å²) in [6.07, 6.45) is -3.05. The summed E-state index contributed by atoms with van der Waals surface area (Å²) in [4.78, 5) is 43.5. The third kappa shape index (κ3) is 5.18. The fourth-order valence-electron chi connectivity index (χ4n) is 5.88. The van der Waals surface area contributed by atoms with E-state index in [4.69, 9.17) is 23.2 Å². The Morgan fingerprint density at radius 2 is 1.83 bits per heavy atom. The number of carbonyl (C=O) groups excluding carboxylic acids is 3. The van der Waals surface area contributed by atoms with Crippen LogP contribution in [0.3, 0.4) is 0 Å². The van der Waals surface area contributed by atoms with E-state index in [-0.39, 0.29) is 55.8 Å².